The number of halogens is 1. The Bertz CT molecular complexity index is 1550. The summed E-state index contributed by atoms with van der Waals surface area (Å²) in [6, 6.07) is 8.01. The van der Waals surface area contributed by atoms with Gasteiger partial charge in [0.15, 0.2) is 11.4 Å². The number of rotatable bonds is 6. The van der Waals surface area contributed by atoms with Gasteiger partial charge >= 0.3 is 0 Å². The van der Waals surface area contributed by atoms with Crippen LogP contribution in [0, 0.1) is 19.7 Å². The minimum Gasteiger partial charge on any atom is -0.504 e. The number of aromatic nitrogens is 8. The van der Waals surface area contributed by atoms with Crippen LogP contribution in [0.25, 0.3) is 28.4 Å². The fourth-order valence-corrected chi connectivity index (χ4v) is 3.80. The van der Waals surface area contributed by atoms with E-state index < -0.39 is 5.91 Å². The molecule has 172 valence electrons. The molecular weight excluding hydrogens is 441 g/mol. The number of amides is 1. The van der Waals surface area contributed by atoms with Crippen LogP contribution in [0.4, 0.5) is 4.39 Å². The third-order valence-corrected chi connectivity index (χ3v) is 5.42. The maximum Gasteiger partial charge on any atom is 0.269 e. The highest BCUT2D eigenvalue weighted by Gasteiger charge is 2.23. The zero-order valence-electron chi connectivity index (χ0n) is 18.3. The van der Waals surface area contributed by atoms with Gasteiger partial charge in [0.25, 0.3) is 5.91 Å². The number of hydrogen-bond donors (Lipinski definition) is 3. The van der Waals surface area contributed by atoms with Crippen LogP contribution >= 0.6 is 0 Å². The number of hydrogen-bond acceptors (Lipinski definition) is 7. The van der Waals surface area contributed by atoms with Crippen molar-refractivity contribution in [3.8, 4) is 23.2 Å². The lowest BCUT2D eigenvalue weighted by Crippen LogP contribution is -2.12. The van der Waals surface area contributed by atoms with Crippen LogP contribution in [0.15, 0.2) is 36.5 Å². The maximum absolute atomic E-state index is 13.5. The van der Waals surface area contributed by atoms with Crippen LogP contribution in [0.3, 0.4) is 0 Å². The molecule has 0 aliphatic heterocycles. The molecule has 34 heavy (non-hydrogen) atoms. The van der Waals surface area contributed by atoms with Gasteiger partial charge in [-0.15, -0.1) is 0 Å². The lowest BCUT2D eigenvalue weighted by atomic mass is 10.1. The number of carbonyl (C=O) groups excluding carboxylic acids is 1. The Hall–Kier alpha value is -4.61. The van der Waals surface area contributed by atoms with E-state index in [1.54, 1.807) is 36.9 Å². The van der Waals surface area contributed by atoms with E-state index in [4.69, 9.17) is 5.73 Å². The van der Waals surface area contributed by atoms with Gasteiger partial charge in [-0.3, -0.25) is 14.5 Å². The highest BCUT2D eigenvalue weighted by molar-refractivity contribution is 6.04. The Labute approximate surface area is 192 Å². The summed E-state index contributed by atoms with van der Waals surface area (Å²) in [4.78, 5) is 20.7. The summed E-state index contributed by atoms with van der Waals surface area (Å²) in [6.07, 6.45) is 2.05. The van der Waals surface area contributed by atoms with Crippen molar-refractivity contribution >= 4 is 16.8 Å². The smallest absolute Gasteiger partial charge is 0.269 e. The molecule has 0 aliphatic carbocycles. The number of nitrogens with one attached hydrogen (secondary N) is 1. The molecule has 11 nitrogen and oxygen atoms in total. The molecule has 4 N–H and O–H groups in total. The summed E-state index contributed by atoms with van der Waals surface area (Å²) >= 11 is 0. The maximum atomic E-state index is 13.5. The number of aryl methyl sites for hydroxylation is 4. The lowest BCUT2D eigenvalue weighted by Gasteiger charge is -2.06. The van der Waals surface area contributed by atoms with E-state index in [0.717, 1.165) is 5.56 Å². The Morgan fingerprint density at radius 2 is 2.06 bits per heavy atom. The van der Waals surface area contributed by atoms with Gasteiger partial charge in [-0.25, -0.2) is 9.49 Å². The number of aromatic amines is 1. The van der Waals surface area contributed by atoms with E-state index in [9.17, 15) is 14.3 Å². The van der Waals surface area contributed by atoms with Crippen molar-refractivity contribution in [2.45, 2.75) is 26.8 Å². The Kier molecular flexibility index (Phi) is 5.04. The van der Waals surface area contributed by atoms with E-state index >= 15 is 0 Å². The average Bonchev–Trinajstić information content (AvgIpc) is 3.48. The first-order valence-electron chi connectivity index (χ1n) is 10.4. The molecule has 0 aliphatic rings. The molecule has 0 bridgehead atoms. The number of nitrogens with zero attached hydrogens (tertiary/aromatic N) is 7. The van der Waals surface area contributed by atoms with Crippen molar-refractivity contribution in [1.29, 1.82) is 0 Å². The molecule has 0 radical (unpaired) electrons. The summed E-state index contributed by atoms with van der Waals surface area (Å²) in [6.45, 7) is 3.83. The zero-order chi connectivity index (χ0) is 24.0. The quantitative estimate of drug-likeness (QED) is 0.350. The lowest BCUT2D eigenvalue weighted by molar-refractivity contribution is 0.0996. The van der Waals surface area contributed by atoms with Crippen LogP contribution in [0.2, 0.25) is 0 Å². The average molecular weight is 461 g/mol. The van der Waals surface area contributed by atoms with Gasteiger partial charge in [0.1, 0.15) is 17.2 Å². The number of carbonyl (C=O) groups is 1. The second kappa shape index (κ2) is 8.06. The number of pyridine rings is 1. The van der Waals surface area contributed by atoms with E-state index in [2.05, 4.69) is 30.4 Å². The topological polar surface area (TPSA) is 153 Å². The molecule has 4 aromatic heterocycles. The number of nitrogens with two attached hydrogens (primary N) is 1. The van der Waals surface area contributed by atoms with Gasteiger partial charge in [-0.1, -0.05) is 12.1 Å². The second-order valence-electron chi connectivity index (χ2n) is 7.84. The number of aromatic hydroxyl groups is 1. The van der Waals surface area contributed by atoms with Gasteiger partial charge in [0.2, 0.25) is 11.8 Å². The fraction of sp³-hybridized carbons (Fsp3) is 0.182. The van der Waals surface area contributed by atoms with E-state index in [1.165, 1.54) is 16.8 Å². The third kappa shape index (κ3) is 3.64. The first-order chi connectivity index (χ1) is 16.3. The van der Waals surface area contributed by atoms with Crippen molar-refractivity contribution in [2.75, 3.05) is 0 Å². The van der Waals surface area contributed by atoms with E-state index in [-0.39, 0.29) is 29.0 Å². The Morgan fingerprint density at radius 3 is 2.82 bits per heavy atom. The monoisotopic (exact) mass is 461 g/mol. The molecule has 5 aromatic rings. The first kappa shape index (κ1) is 21.2. The summed E-state index contributed by atoms with van der Waals surface area (Å²) in [7, 11) is 0. The minimum absolute atomic E-state index is 0.0646. The molecule has 0 atom stereocenters. The summed E-state index contributed by atoms with van der Waals surface area (Å²) in [5.74, 6) is -0.685. The third-order valence-electron chi connectivity index (χ3n) is 5.42. The van der Waals surface area contributed by atoms with E-state index in [0.29, 0.717) is 41.0 Å². The molecule has 0 spiro atoms. The SMILES string of the molecule is Cc1cc2c(C(N)=O)nn(-c3nc(-c4c(O)c(C)nn4CCc4cccc(F)c4)n[nH]3)c2cn1. The van der Waals surface area contributed by atoms with Gasteiger partial charge in [0, 0.05) is 17.6 Å². The van der Waals surface area contributed by atoms with Gasteiger partial charge in [-0.2, -0.15) is 25.0 Å². The molecule has 1 aromatic carbocycles. The molecule has 0 saturated carbocycles. The minimum atomic E-state index is -0.683. The van der Waals surface area contributed by atoms with Crippen molar-refractivity contribution < 1.29 is 14.3 Å². The largest absolute Gasteiger partial charge is 0.504 e. The second-order valence-corrected chi connectivity index (χ2v) is 7.84. The predicted octanol–water partition coefficient (Wildman–Crippen LogP) is 2.21. The van der Waals surface area contributed by atoms with Gasteiger partial charge in [0.05, 0.1) is 11.7 Å². The van der Waals surface area contributed by atoms with Crippen LogP contribution in [-0.4, -0.2) is 50.7 Å². The van der Waals surface area contributed by atoms with Crippen LogP contribution in [-0.2, 0) is 13.0 Å². The Balaban J connectivity index is 1.53. The van der Waals surface area contributed by atoms with Crippen molar-refractivity contribution in [2.24, 2.45) is 5.73 Å². The van der Waals surface area contributed by atoms with Crippen molar-refractivity contribution in [1.82, 2.24) is 39.7 Å². The van der Waals surface area contributed by atoms with Crippen molar-refractivity contribution in [3.05, 3.63) is 65.0 Å². The molecule has 0 saturated heterocycles. The Morgan fingerprint density at radius 1 is 1.24 bits per heavy atom. The van der Waals surface area contributed by atoms with Crippen LogP contribution in [0.1, 0.15) is 27.4 Å². The predicted molar refractivity (Wildman–Crippen MR) is 120 cm³/mol. The molecule has 1 amide bonds. The van der Waals surface area contributed by atoms with Crippen LogP contribution in [0.5, 0.6) is 5.75 Å². The molecule has 0 unspecified atom stereocenters. The highest BCUT2D eigenvalue weighted by Crippen LogP contribution is 2.31. The fourth-order valence-electron chi connectivity index (χ4n) is 3.80. The molecule has 0 fully saturated rings. The highest BCUT2D eigenvalue weighted by atomic mass is 19.1. The number of fused-ring (bicyclic) bond motifs is 1. The first-order valence-corrected chi connectivity index (χ1v) is 10.4. The zero-order valence-corrected chi connectivity index (χ0v) is 18.3. The molecular formula is C22H20FN9O2. The normalized spacial score (nSPS) is 11.4. The number of benzene rings is 1. The van der Waals surface area contributed by atoms with Crippen LogP contribution < -0.4 is 5.73 Å². The summed E-state index contributed by atoms with van der Waals surface area (Å²) < 4.78 is 16.5. The van der Waals surface area contributed by atoms with E-state index in [1.807, 2.05) is 6.07 Å². The summed E-state index contributed by atoms with van der Waals surface area (Å²) in [5, 5.41) is 26.9. The molecule has 4 heterocycles. The summed E-state index contributed by atoms with van der Waals surface area (Å²) in [5.41, 5.74) is 8.30. The molecule has 12 heteroatoms. The van der Waals surface area contributed by atoms with Gasteiger partial charge in [-0.05, 0) is 44.0 Å². The standard InChI is InChI=1S/C22H20FN9O2/c1-11-8-15-16(10-25-11)32(30-17(15)20(24)34)22-26-21(27-28-22)18-19(33)12(2)29-31(18)7-6-13-4-3-5-14(23)9-13/h3-5,8-10,33H,6-7H2,1-2H3,(H2,24,34)(H,26,27,28). The number of H-pyrrole nitrogens is 1. The number of primary amides is 1. The molecule has 5 rings (SSSR count). The van der Waals surface area contributed by atoms with Gasteiger partial charge < -0.3 is 10.8 Å². The van der Waals surface area contributed by atoms with Crippen molar-refractivity contribution in [3.63, 3.8) is 0 Å².